The molecule has 124 valence electrons. The Morgan fingerprint density at radius 3 is 2.57 bits per heavy atom. The van der Waals surface area contributed by atoms with Crippen LogP contribution in [0, 0.1) is 0 Å². The number of nitrogens with zero attached hydrogens (tertiary/aromatic N) is 2. The Morgan fingerprint density at radius 1 is 1.33 bits per heavy atom. The molecule has 0 aromatic carbocycles. The van der Waals surface area contributed by atoms with Crippen molar-refractivity contribution in [3.63, 3.8) is 0 Å². The molecule has 21 heavy (non-hydrogen) atoms. The van der Waals surface area contributed by atoms with Gasteiger partial charge < -0.3 is 19.5 Å². The highest BCUT2D eigenvalue weighted by Gasteiger charge is 2.37. The molecule has 7 nitrogen and oxygen atoms in total. The van der Waals surface area contributed by atoms with Gasteiger partial charge in [0.25, 0.3) is 0 Å². The smallest absolute Gasteiger partial charge is 0.216 e. The maximum absolute atomic E-state index is 12.4. The largest absolute Gasteiger partial charge is 0.387 e. The van der Waals surface area contributed by atoms with Crippen LogP contribution in [0.3, 0.4) is 0 Å². The molecule has 0 saturated carbocycles. The summed E-state index contributed by atoms with van der Waals surface area (Å²) in [6, 6.07) is 0. The lowest BCUT2D eigenvalue weighted by molar-refractivity contribution is -0.0610. The van der Waals surface area contributed by atoms with E-state index in [0.717, 1.165) is 6.54 Å². The zero-order valence-corrected chi connectivity index (χ0v) is 13.6. The third kappa shape index (κ3) is 4.61. The molecule has 0 aromatic rings. The van der Waals surface area contributed by atoms with Gasteiger partial charge in [0.05, 0.1) is 30.7 Å². The average molecular weight is 322 g/mol. The molecule has 1 atom stereocenters. The Morgan fingerprint density at radius 2 is 2.00 bits per heavy atom. The first-order valence-electron chi connectivity index (χ1n) is 7.34. The zero-order valence-electron chi connectivity index (χ0n) is 12.8. The number of piperidine rings is 1. The fraction of sp³-hybridized carbons (Fsp3) is 1.00. The van der Waals surface area contributed by atoms with Crippen molar-refractivity contribution in [2.75, 3.05) is 59.3 Å². The van der Waals surface area contributed by atoms with Crippen LogP contribution in [-0.2, 0) is 19.5 Å². The summed E-state index contributed by atoms with van der Waals surface area (Å²) < 4.78 is 36.9. The van der Waals surface area contributed by atoms with Crippen LogP contribution < -0.4 is 0 Å². The van der Waals surface area contributed by atoms with Gasteiger partial charge in [-0.15, -0.1) is 0 Å². The standard InChI is InChI=1S/C13H26N2O5S/c1-14-7-8-20-12(9-14)10-21(17,18)15-5-3-13(16,4-6-15)11-19-2/h12,16H,3-11H2,1-2H3. The lowest BCUT2D eigenvalue weighted by Gasteiger charge is -2.38. The number of rotatable bonds is 5. The minimum absolute atomic E-state index is 0.0139. The van der Waals surface area contributed by atoms with E-state index in [4.69, 9.17) is 9.47 Å². The van der Waals surface area contributed by atoms with Gasteiger partial charge in [0.15, 0.2) is 0 Å². The van der Waals surface area contributed by atoms with E-state index < -0.39 is 15.6 Å². The van der Waals surface area contributed by atoms with Gasteiger partial charge in [-0.25, -0.2) is 12.7 Å². The van der Waals surface area contributed by atoms with Crippen LogP contribution in [0.1, 0.15) is 12.8 Å². The van der Waals surface area contributed by atoms with E-state index >= 15 is 0 Å². The third-order valence-electron chi connectivity index (χ3n) is 4.20. The molecule has 8 heteroatoms. The second-order valence-corrected chi connectivity index (χ2v) is 8.10. The van der Waals surface area contributed by atoms with Crippen LogP contribution in [0.25, 0.3) is 0 Å². The van der Waals surface area contributed by atoms with Crippen LogP contribution in [-0.4, -0.2) is 93.7 Å². The van der Waals surface area contributed by atoms with Crippen molar-refractivity contribution in [3.8, 4) is 0 Å². The molecular weight excluding hydrogens is 296 g/mol. The number of hydrogen-bond donors (Lipinski definition) is 1. The number of aliphatic hydroxyl groups is 1. The van der Waals surface area contributed by atoms with E-state index in [1.54, 1.807) is 0 Å². The van der Waals surface area contributed by atoms with Gasteiger partial charge in [-0.3, -0.25) is 0 Å². The monoisotopic (exact) mass is 322 g/mol. The van der Waals surface area contributed by atoms with Crippen molar-refractivity contribution in [2.24, 2.45) is 0 Å². The fourth-order valence-corrected chi connectivity index (χ4v) is 4.52. The molecule has 2 rings (SSSR count). The summed E-state index contributed by atoms with van der Waals surface area (Å²) in [6.07, 6.45) is 0.547. The van der Waals surface area contributed by atoms with Crippen molar-refractivity contribution in [1.29, 1.82) is 0 Å². The molecule has 2 aliphatic rings. The quantitative estimate of drug-likeness (QED) is 0.708. The van der Waals surface area contributed by atoms with E-state index in [9.17, 15) is 13.5 Å². The summed E-state index contributed by atoms with van der Waals surface area (Å²) in [5, 5.41) is 10.2. The first kappa shape index (κ1) is 17.1. The molecule has 0 amide bonds. The number of hydrogen-bond acceptors (Lipinski definition) is 6. The van der Waals surface area contributed by atoms with E-state index in [1.165, 1.54) is 11.4 Å². The fourth-order valence-electron chi connectivity index (χ4n) is 2.90. The van der Waals surface area contributed by atoms with Gasteiger partial charge in [-0.1, -0.05) is 0 Å². The summed E-state index contributed by atoms with van der Waals surface area (Å²) in [4.78, 5) is 2.08. The highest BCUT2D eigenvalue weighted by molar-refractivity contribution is 7.89. The van der Waals surface area contributed by atoms with Crippen molar-refractivity contribution >= 4 is 10.0 Å². The van der Waals surface area contributed by atoms with Gasteiger partial charge in [0, 0.05) is 33.3 Å². The second-order valence-electron chi connectivity index (χ2n) is 6.09. The molecule has 2 aliphatic heterocycles. The minimum atomic E-state index is -3.34. The average Bonchev–Trinajstić information content (AvgIpc) is 2.38. The first-order chi connectivity index (χ1) is 9.85. The topological polar surface area (TPSA) is 79.3 Å². The van der Waals surface area contributed by atoms with Gasteiger partial charge >= 0.3 is 0 Å². The Kier molecular flexibility index (Phi) is 5.61. The zero-order chi connectivity index (χ0) is 15.5. The Balaban J connectivity index is 1.89. The van der Waals surface area contributed by atoms with Gasteiger partial charge in [-0.2, -0.15) is 0 Å². The third-order valence-corrected chi connectivity index (χ3v) is 6.14. The molecule has 2 fully saturated rings. The number of sulfonamides is 1. The SMILES string of the molecule is COCC1(O)CCN(S(=O)(=O)CC2CN(C)CCO2)CC1. The Hall–Kier alpha value is -0.250. The number of morpholine rings is 1. The molecule has 0 aromatic heterocycles. The summed E-state index contributed by atoms with van der Waals surface area (Å²) in [5.41, 5.74) is -0.900. The number of methoxy groups -OCH3 is 1. The first-order valence-corrected chi connectivity index (χ1v) is 8.95. The number of likely N-dealkylation sites (N-methyl/N-ethyl adjacent to an activating group) is 1. The highest BCUT2D eigenvalue weighted by atomic mass is 32.2. The summed E-state index contributed by atoms with van der Waals surface area (Å²) in [7, 11) is 0.164. The Labute approximate surface area is 126 Å². The lowest BCUT2D eigenvalue weighted by Crippen LogP contribution is -2.51. The summed E-state index contributed by atoms with van der Waals surface area (Å²) in [5.74, 6) is 0.0139. The van der Waals surface area contributed by atoms with E-state index in [2.05, 4.69) is 4.90 Å². The predicted octanol–water partition coefficient (Wildman–Crippen LogP) is -0.880. The Bertz CT molecular complexity index is 434. The van der Waals surface area contributed by atoms with Gasteiger partial charge in [0.1, 0.15) is 0 Å². The van der Waals surface area contributed by atoms with Gasteiger partial charge in [-0.05, 0) is 19.9 Å². The molecule has 0 aliphatic carbocycles. The predicted molar refractivity (Wildman–Crippen MR) is 78.7 cm³/mol. The normalized spacial score (nSPS) is 28.6. The van der Waals surface area contributed by atoms with E-state index in [0.29, 0.717) is 39.1 Å². The van der Waals surface area contributed by atoms with Crippen LogP contribution in [0.4, 0.5) is 0 Å². The molecule has 1 N–H and O–H groups in total. The maximum atomic E-state index is 12.4. The number of ether oxygens (including phenoxy) is 2. The van der Waals surface area contributed by atoms with E-state index in [-0.39, 0.29) is 18.5 Å². The molecule has 0 bridgehead atoms. The molecule has 2 heterocycles. The van der Waals surface area contributed by atoms with E-state index in [1.807, 2.05) is 7.05 Å². The maximum Gasteiger partial charge on any atom is 0.216 e. The van der Waals surface area contributed by atoms with Crippen molar-refractivity contribution in [1.82, 2.24) is 9.21 Å². The minimum Gasteiger partial charge on any atom is -0.387 e. The molecule has 0 spiro atoms. The molecule has 0 radical (unpaired) electrons. The summed E-state index contributed by atoms with van der Waals surface area (Å²) in [6.45, 7) is 2.97. The second kappa shape index (κ2) is 6.89. The van der Waals surface area contributed by atoms with Crippen LogP contribution in [0.5, 0.6) is 0 Å². The van der Waals surface area contributed by atoms with Crippen molar-refractivity contribution in [2.45, 2.75) is 24.5 Å². The highest BCUT2D eigenvalue weighted by Crippen LogP contribution is 2.24. The molecule has 2 saturated heterocycles. The molecule has 1 unspecified atom stereocenters. The summed E-state index contributed by atoms with van der Waals surface area (Å²) >= 11 is 0. The molecular formula is C13H26N2O5S. The van der Waals surface area contributed by atoms with Crippen molar-refractivity contribution < 1.29 is 23.0 Å². The van der Waals surface area contributed by atoms with Crippen LogP contribution >= 0.6 is 0 Å². The van der Waals surface area contributed by atoms with Crippen LogP contribution in [0.15, 0.2) is 0 Å². The van der Waals surface area contributed by atoms with Crippen molar-refractivity contribution in [3.05, 3.63) is 0 Å². The van der Waals surface area contributed by atoms with Crippen LogP contribution in [0.2, 0.25) is 0 Å². The lowest BCUT2D eigenvalue weighted by atomic mass is 9.94. The van der Waals surface area contributed by atoms with Gasteiger partial charge in [0.2, 0.25) is 10.0 Å².